The van der Waals surface area contributed by atoms with Gasteiger partial charge in [0.1, 0.15) is 0 Å². The van der Waals surface area contributed by atoms with Crippen LogP contribution in [0, 0.1) is 5.92 Å². The highest BCUT2D eigenvalue weighted by atomic mass is 16.4. The lowest BCUT2D eigenvalue weighted by atomic mass is 10.2. The van der Waals surface area contributed by atoms with E-state index in [0.717, 1.165) is 18.8 Å². The number of carbonyl (C=O) groups excluding carboxylic acids is 1. The molecule has 0 heterocycles. The van der Waals surface area contributed by atoms with Gasteiger partial charge in [-0.25, -0.2) is 9.59 Å². The number of hydrogen-bond acceptors (Lipinski definition) is 3. The number of rotatable bonds is 8. The molecule has 0 aliphatic heterocycles. The molecule has 0 saturated heterocycles. The van der Waals surface area contributed by atoms with Crippen molar-refractivity contribution in [3.63, 3.8) is 0 Å². The van der Waals surface area contributed by atoms with Crippen molar-refractivity contribution < 1.29 is 19.8 Å². The molecule has 1 saturated carbocycles. The predicted molar refractivity (Wildman–Crippen MR) is 61.6 cm³/mol. The van der Waals surface area contributed by atoms with E-state index < -0.39 is 12.1 Å². The molecule has 1 fully saturated rings. The van der Waals surface area contributed by atoms with Gasteiger partial charge in [0.05, 0.1) is 0 Å². The molecular formula is C11H20N2O4. The van der Waals surface area contributed by atoms with E-state index in [1.807, 2.05) is 0 Å². The maximum Gasteiger partial charge on any atom is 0.332 e. The average molecular weight is 244 g/mol. The van der Waals surface area contributed by atoms with Gasteiger partial charge in [-0.15, -0.1) is 0 Å². The zero-order valence-corrected chi connectivity index (χ0v) is 9.82. The Bertz CT molecular complexity index is 266. The van der Waals surface area contributed by atoms with E-state index in [9.17, 15) is 9.59 Å². The van der Waals surface area contributed by atoms with E-state index in [-0.39, 0.29) is 19.0 Å². The number of amides is 2. The topological polar surface area (TPSA) is 98.7 Å². The lowest BCUT2D eigenvalue weighted by Crippen LogP contribution is -2.38. The molecule has 0 aromatic heterocycles. The Kier molecular flexibility index (Phi) is 5.76. The van der Waals surface area contributed by atoms with Crippen molar-refractivity contribution in [1.82, 2.24) is 10.6 Å². The number of carboxylic acid groups (broad SMARTS) is 1. The molecule has 0 aromatic carbocycles. The molecule has 1 unspecified atom stereocenters. The summed E-state index contributed by atoms with van der Waals surface area (Å²) in [6, 6.07) is -0.307. The Labute approximate surface area is 100 Å². The number of nitrogens with one attached hydrogen (secondary N) is 2. The lowest BCUT2D eigenvalue weighted by molar-refractivity contribution is -0.146. The lowest BCUT2D eigenvalue weighted by Gasteiger charge is -2.08. The van der Waals surface area contributed by atoms with Gasteiger partial charge in [0.2, 0.25) is 0 Å². The second kappa shape index (κ2) is 7.11. The minimum Gasteiger partial charge on any atom is -0.479 e. The zero-order valence-electron chi connectivity index (χ0n) is 9.82. The molecule has 0 spiro atoms. The van der Waals surface area contributed by atoms with Gasteiger partial charge in [-0.2, -0.15) is 0 Å². The molecule has 17 heavy (non-hydrogen) atoms. The maximum atomic E-state index is 11.2. The maximum absolute atomic E-state index is 11.2. The van der Waals surface area contributed by atoms with Crippen LogP contribution in [-0.4, -0.2) is 41.4 Å². The summed E-state index contributed by atoms with van der Waals surface area (Å²) in [5, 5.41) is 22.5. The summed E-state index contributed by atoms with van der Waals surface area (Å²) in [6.07, 6.45) is 3.39. The van der Waals surface area contributed by atoms with Gasteiger partial charge in [-0.1, -0.05) is 12.8 Å². The van der Waals surface area contributed by atoms with Crippen LogP contribution in [0.3, 0.4) is 0 Å². The van der Waals surface area contributed by atoms with E-state index in [0.29, 0.717) is 6.54 Å². The van der Waals surface area contributed by atoms with Crippen LogP contribution in [0.1, 0.15) is 32.1 Å². The number of carbonyl (C=O) groups is 2. The number of aliphatic hydroxyl groups excluding tert-OH is 1. The fraction of sp³-hybridized carbons (Fsp3) is 0.818. The number of aliphatic carboxylic acids is 1. The Hall–Kier alpha value is -1.30. The van der Waals surface area contributed by atoms with E-state index in [2.05, 4.69) is 10.6 Å². The minimum atomic E-state index is -1.41. The molecule has 98 valence electrons. The molecule has 4 N–H and O–H groups in total. The summed E-state index contributed by atoms with van der Waals surface area (Å²) in [4.78, 5) is 21.5. The van der Waals surface area contributed by atoms with Crippen molar-refractivity contribution in [2.45, 2.75) is 38.2 Å². The molecule has 2 amide bonds. The summed E-state index contributed by atoms with van der Waals surface area (Å²) >= 11 is 0. The van der Waals surface area contributed by atoms with Crippen molar-refractivity contribution in [3.05, 3.63) is 0 Å². The molecule has 1 atom stereocenters. The number of urea groups is 1. The molecular weight excluding hydrogens is 224 g/mol. The first-order valence-corrected chi connectivity index (χ1v) is 6.02. The van der Waals surface area contributed by atoms with Crippen LogP contribution in [0.5, 0.6) is 0 Å². The van der Waals surface area contributed by atoms with Crippen LogP contribution in [0.2, 0.25) is 0 Å². The third-order valence-electron chi connectivity index (χ3n) is 2.76. The first kappa shape index (κ1) is 13.8. The summed E-state index contributed by atoms with van der Waals surface area (Å²) in [5.74, 6) is -0.401. The SMILES string of the molecule is O=C(NCCCC1CC1)NCCC(O)C(=O)O. The van der Waals surface area contributed by atoms with Gasteiger partial charge >= 0.3 is 12.0 Å². The second-order valence-corrected chi connectivity index (χ2v) is 4.41. The average Bonchev–Trinajstić information content (AvgIpc) is 3.08. The van der Waals surface area contributed by atoms with Crippen LogP contribution >= 0.6 is 0 Å². The van der Waals surface area contributed by atoms with Crippen LogP contribution in [0.15, 0.2) is 0 Å². The van der Waals surface area contributed by atoms with Gasteiger partial charge < -0.3 is 20.8 Å². The Balaban J connectivity index is 1.91. The highest BCUT2D eigenvalue weighted by Crippen LogP contribution is 2.33. The normalized spacial score (nSPS) is 16.3. The smallest absolute Gasteiger partial charge is 0.332 e. The molecule has 0 radical (unpaired) electrons. The first-order chi connectivity index (χ1) is 8.09. The monoisotopic (exact) mass is 244 g/mol. The zero-order chi connectivity index (χ0) is 12.7. The van der Waals surface area contributed by atoms with Gasteiger partial charge in [0.15, 0.2) is 6.10 Å². The molecule has 1 rings (SSSR count). The van der Waals surface area contributed by atoms with Crippen molar-refractivity contribution >= 4 is 12.0 Å². The number of carboxylic acids is 1. The summed E-state index contributed by atoms with van der Waals surface area (Å²) in [7, 11) is 0. The summed E-state index contributed by atoms with van der Waals surface area (Å²) in [6.45, 7) is 0.797. The molecule has 0 aromatic rings. The predicted octanol–water partition coefficient (Wildman–Crippen LogP) is 0.311. The van der Waals surface area contributed by atoms with Crippen LogP contribution in [-0.2, 0) is 4.79 Å². The Morgan fingerprint density at radius 2 is 1.88 bits per heavy atom. The van der Waals surface area contributed by atoms with Crippen molar-refractivity contribution in [2.75, 3.05) is 13.1 Å². The fourth-order valence-electron chi connectivity index (χ4n) is 1.51. The van der Waals surface area contributed by atoms with Gasteiger partial charge in [-0.05, 0) is 18.8 Å². The third-order valence-corrected chi connectivity index (χ3v) is 2.76. The second-order valence-electron chi connectivity index (χ2n) is 4.41. The van der Waals surface area contributed by atoms with Crippen LogP contribution < -0.4 is 10.6 Å². The van der Waals surface area contributed by atoms with Crippen LogP contribution in [0.4, 0.5) is 4.79 Å². The van der Waals surface area contributed by atoms with Gasteiger partial charge in [0, 0.05) is 19.5 Å². The number of hydrogen-bond donors (Lipinski definition) is 4. The largest absolute Gasteiger partial charge is 0.479 e. The first-order valence-electron chi connectivity index (χ1n) is 6.02. The van der Waals surface area contributed by atoms with Crippen molar-refractivity contribution in [3.8, 4) is 0 Å². The van der Waals surface area contributed by atoms with Gasteiger partial charge in [-0.3, -0.25) is 0 Å². The molecule has 6 nitrogen and oxygen atoms in total. The summed E-state index contributed by atoms with van der Waals surface area (Å²) < 4.78 is 0. The van der Waals surface area contributed by atoms with E-state index in [4.69, 9.17) is 10.2 Å². The summed E-state index contributed by atoms with van der Waals surface area (Å²) in [5.41, 5.74) is 0. The van der Waals surface area contributed by atoms with E-state index in [1.165, 1.54) is 12.8 Å². The van der Waals surface area contributed by atoms with Crippen LogP contribution in [0.25, 0.3) is 0 Å². The highest BCUT2D eigenvalue weighted by molar-refractivity contribution is 5.74. The van der Waals surface area contributed by atoms with Crippen molar-refractivity contribution in [1.29, 1.82) is 0 Å². The third kappa shape index (κ3) is 6.78. The molecule has 0 bridgehead atoms. The molecule has 6 heteroatoms. The quantitative estimate of drug-likeness (QED) is 0.462. The van der Waals surface area contributed by atoms with E-state index >= 15 is 0 Å². The molecule has 1 aliphatic carbocycles. The minimum absolute atomic E-state index is 0.0187. The Morgan fingerprint density at radius 1 is 1.24 bits per heavy atom. The molecule has 1 aliphatic rings. The Morgan fingerprint density at radius 3 is 2.47 bits per heavy atom. The standard InChI is InChI=1S/C11H20N2O4/c14-9(10(15)16)5-7-13-11(17)12-6-1-2-8-3-4-8/h8-9,14H,1-7H2,(H,15,16)(H2,12,13,17). The highest BCUT2D eigenvalue weighted by Gasteiger charge is 2.20. The van der Waals surface area contributed by atoms with Gasteiger partial charge in [0.25, 0.3) is 0 Å². The number of aliphatic hydroxyl groups is 1. The van der Waals surface area contributed by atoms with E-state index in [1.54, 1.807) is 0 Å². The van der Waals surface area contributed by atoms with Crippen molar-refractivity contribution in [2.24, 2.45) is 5.92 Å². The fourth-order valence-corrected chi connectivity index (χ4v) is 1.51.